The number of hydrogen-bond donors (Lipinski definition) is 1. The third-order valence-electron chi connectivity index (χ3n) is 5.06. The minimum absolute atomic E-state index is 0.0537. The predicted octanol–water partition coefficient (Wildman–Crippen LogP) is 2.18. The van der Waals surface area contributed by atoms with Gasteiger partial charge in [-0.3, -0.25) is 4.55 Å². The molecule has 0 aromatic rings. The van der Waals surface area contributed by atoms with Gasteiger partial charge >= 0.3 is 16.4 Å². The summed E-state index contributed by atoms with van der Waals surface area (Å²) in [5.41, 5.74) is 0.810. The lowest BCUT2D eigenvalue weighted by molar-refractivity contribution is -0.0213. The molecule has 0 spiro atoms. The van der Waals surface area contributed by atoms with Crippen LogP contribution in [-0.2, 0) is 19.1 Å². The second kappa shape index (κ2) is 6.10. The quantitative estimate of drug-likeness (QED) is 0.447. The Bertz CT molecular complexity index is 655. The highest BCUT2D eigenvalue weighted by Crippen LogP contribution is 2.37. The maximum absolute atomic E-state index is 12.4. The lowest BCUT2D eigenvalue weighted by Gasteiger charge is -2.38. The van der Waals surface area contributed by atoms with Crippen LogP contribution in [0.4, 0.5) is 4.79 Å². The highest BCUT2D eigenvalue weighted by Gasteiger charge is 2.48. The van der Waals surface area contributed by atoms with E-state index in [0.717, 1.165) is 5.57 Å². The Morgan fingerprint density at radius 1 is 1.38 bits per heavy atom. The van der Waals surface area contributed by atoms with Gasteiger partial charge in [0.1, 0.15) is 6.04 Å². The number of hydroxylamine groups is 2. The number of amides is 2. The highest BCUT2D eigenvalue weighted by atomic mass is 32.3. The number of carbonyl (C=O) groups is 1. The van der Waals surface area contributed by atoms with Crippen LogP contribution >= 0.6 is 0 Å². The standard InChI is InChI=1S/C14H26N2O6SSi/c1-10-7-11(9-21-24(5,6)14(2,3)4)15-8-12(10)16(13(15)17)22-23(18,19)20/h7,11-12H,8-9H2,1-6H3,(H,18,19,20)/t11-,12-/m0/s1. The molecule has 2 aliphatic heterocycles. The summed E-state index contributed by atoms with van der Waals surface area (Å²) < 4.78 is 41.4. The number of hydrogen-bond acceptors (Lipinski definition) is 5. The van der Waals surface area contributed by atoms with Crippen molar-refractivity contribution in [3.8, 4) is 0 Å². The minimum atomic E-state index is -4.75. The first-order valence-corrected chi connectivity index (χ1v) is 12.1. The summed E-state index contributed by atoms with van der Waals surface area (Å²) >= 11 is 0. The van der Waals surface area contributed by atoms with Gasteiger partial charge in [0.15, 0.2) is 8.32 Å². The number of urea groups is 1. The summed E-state index contributed by atoms with van der Waals surface area (Å²) in [7, 11) is -6.71. The molecule has 138 valence electrons. The van der Waals surface area contributed by atoms with E-state index in [1.807, 2.05) is 6.08 Å². The predicted molar refractivity (Wildman–Crippen MR) is 91.1 cm³/mol. The third kappa shape index (κ3) is 3.83. The molecule has 2 heterocycles. The Kier molecular flexibility index (Phi) is 4.92. The Morgan fingerprint density at radius 2 is 1.96 bits per heavy atom. The first kappa shape index (κ1) is 19.4. The zero-order valence-electron chi connectivity index (χ0n) is 14.9. The lowest BCUT2D eigenvalue weighted by Crippen LogP contribution is -2.47. The maximum Gasteiger partial charge on any atom is 0.418 e. The Labute approximate surface area is 144 Å². The molecule has 2 amide bonds. The van der Waals surface area contributed by atoms with Gasteiger partial charge in [-0.05, 0) is 30.6 Å². The van der Waals surface area contributed by atoms with Crippen LogP contribution in [-0.4, -0.2) is 62.5 Å². The Morgan fingerprint density at radius 3 is 2.46 bits per heavy atom. The molecular weight excluding hydrogens is 352 g/mol. The molecule has 0 aromatic carbocycles. The summed E-state index contributed by atoms with van der Waals surface area (Å²) in [6.07, 6.45) is 1.90. The summed E-state index contributed by atoms with van der Waals surface area (Å²) in [5, 5.41) is 0.769. The van der Waals surface area contributed by atoms with Gasteiger partial charge in [0.25, 0.3) is 0 Å². The minimum Gasteiger partial charge on any atom is -0.414 e. The fourth-order valence-corrected chi connectivity index (χ4v) is 3.93. The SMILES string of the molecule is CC1=C[C@@H](CO[Si](C)(C)C(C)(C)C)N2C[C@@H]1N(OS(=O)(=O)O)C2=O. The normalized spacial score (nSPS) is 25.3. The molecule has 8 nitrogen and oxygen atoms in total. The molecule has 2 aliphatic rings. The van der Waals surface area contributed by atoms with E-state index >= 15 is 0 Å². The smallest absolute Gasteiger partial charge is 0.414 e. The first-order valence-electron chi connectivity index (χ1n) is 7.82. The summed E-state index contributed by atoms with van der Waals surface area (Å²) in [5.74, 6) is 0. The molecule has 2 rings (SSSR count). The molecular formula is C14H26N2O6SSi. The molecule has 2 bridgehead atoms. The van der Waals surface area contributed by atoms with Crippen molar-refractivity contribution >= 4 is 24.7 Å². The summed E-state index contributed by atoms with van der Waals surface area (Å²) in [6.45, 7) is 13.2. The lowest BCUT2D eigenvalue weighted by atomic mass is 10.0. The van der Waals surface area contributed by atoms with Gasteiger partial charge in [-0.25, -0.2) is 4.79 Å². The fraction of sp³-hybridized carbons (Fsp3) is 0.786. The van der Waals surface area contributed by atoms with Gasteiger partial charge in [-0.15, -0.1) is 4.28 Å². The van der Waals surface area contributed by atoms with Gasteiger partial charge in [-0.1, -0.05) is 26.8 Å². The van der Waals surface area contributed by atoms with E-state index in [4.69, 9.17) is 8.98 Å². The molecule has 0 unspecified atom stereocenters. The van der Waals surface area contributed by atoms with Crippen molar-refractivity contribution in [1.82, 2.24) is 9.96 Å². The first-order chi connectivity index (χ1) is 10.7. The molecule has 10 heteroatoms. The fourth-order valence-electron chi connectivity index (χ4n) is 2.54. The second-order valence-electron chi connectivity index (χ2n) is 7.83. The third-order valence-corrected chi connectivity index (χ3v) is 9.91. The number of nitrogens with zero attached hydrogens (tertiary/aromatic N) is 2. The number of carbonyl (C=O) groups excluding carboxylic acids is 1. The molecule has 1 N–H and O–H groups in total. The van der Waals surface area contributed by atoms with Crippen LogP contribution in [0.1, 0.15) is 27.7 Å². The van der Waals surface area contributed by atoms with Crippen LogP contribution in [0.15, 0.2) is 11.6 Å². The summed E-state index contributed by atoms with van der Waals surface area (Å²) in [6, 6.07) is -1.39. The largest absolute Gasteiger partial charge is 0.418 e. The van der Waals surface area contributed by atoms with Gasteiger partial charge in [0.05, 0.1) is 19.2 Å². The van der Waals surface area contributed by atoms with Crippen molar-refractivity contribution in [1.29, 1.82) is 0 Å². The zero-order valence-corrected chi connectivity index (χ0v) is 16.8. The van der Waals surface area contributed by atoms with E-state index in [1.165, 1.54) is 4.90 Å². The number of rotatable bonds is 5. The Balaban J connectivity index is 2.14. The van der Waals surface area contributed by atoms with Gasteiger partial charge < -0.3 is 9.33 Å². The monoisotopic (exact) mass is 378 g/mol. The topological polar surface area (TPSA) is 96.4 Å². The van der Waals surface area contributed by atoms with E-state index in [0.29, 0.717) is 18.2 Å². The van der Waals surface area contributed by atoms with Gasteiger partial charge in [-0.2, -0.15) is 13.5 Å². The molecule has 0 aromatic heterocycles. The van der Waals surface area contributed by atoms with Crippen molar-refractivity contribution in [2.24, 2.45) is 0 Å². The zero-order chi connectivity index (χ0) is 18.5. The van der Waals surface area contributed by atoms with E-state index in [9.17, 15) is 13.2 Å². The van der Waals surface area contributed by atoms with Crippen LogP contribution in [0, 0.1) is 0 Å². The summed E-state index contributed by atoms with van der Waals surface area (Å²) in [4.78, 5) is 13.9. The van der Waals surface area contributed by atoms with E-state index < -0.39 is 30.8 Å². The molecule has 2 atom stereocenters. The van der Waals surface area contributed by atoms with Crippen LogP contribution in [0.2, 0.25) is 18.1 Å². The van der Waals surface area contributed by atoms with Crippen molar-refractivity contribution in [2.45, 2.75) is 57.9 Å². The number of fused-ring (bicyclic) bond motifs is 2. The van der Waals surface area contributed by atoms with Crippen LogP contribution in [0.5, 0.6) is 0 Å². The molecule has 1 fully saturated rings. The van der Waals surface area contributed by atoms with E-state index in [2.05, 4.69) is 38.1 Å². The average Bonchev–Trinajstić information content (AvgIpc) is 2.65. The van der Waals surface area contributed by atoms with Crippen LogP contribution in [0.25, 0.3) is 0 Å². The average molecular weight is 379 g/mol. The molecule has 0 saturated carbocycles. The van der Waals surface area contributed by atoms with Gasteiger partial charge in [0, 0.05) is 0 Å². The molecule has 1 saturated heterocycles. The molecule has 0 radical (unpaired) electrons. The van der Waals surface area contributed by atoms with Crippen molar-refractivity contribution < 1.29 is 26.5 Å². The molecule has 24 heavy (non-hydrogen) atoms. The highest BCUT2D eigenvalue weighted by molar-refractivity contribution is 7.80. The molecule has 0 aliphatic carbocycles. The van der Waals surface area contributed by atoms with Crippen molar-refractivity contribution in [3.63, 3.8) is 0 Å². The van der Waals surface area contributed by atoms with E-state index in [1.54, 1.807) is 6.92 Å². The maximum atomic E-state index is 12.4. The van der Waals surface area contributed by atoms with Crippen molar-refractivity contribution in [2.75, 3.05) is 13.2 Å². The van der Waals surface area contributed by atoms with E-state index in [-0.39, 0.29) is 11.1 Å². The van der Waals surface area contributed by atoms with Gasteiger partial charge in [0.2, 0.25) is 0 Å². The van der Waals surface area contributed by atoms with Crippen LogP contribution < -0.4 is 0 Å². The second-order valence-corrected chi connectivity index (χ2v) is 13.6. The van der Waals surface area contributed by atoms with Crippen molar-refractivity contribution in [3.05, 3.63) is 11.6 Å². The Hall–Kier alpha value is -0.943. The van der Waals surface area contributed by atoms with Crippen LogP contribution in [0.3, 0.4) is 0 Å².